The minimum Gasteiger partial charge on any atom is -0.486 e. The Morgan fingerprint density at radius 1 is 1.16 bits per heavy atom. The number of amides is 1. The van der Waals surface area contributed by atoms with Crippen molar-refractivity contribution >= 4 is 23.2 Å². The average Bonchev–Trinajstić information content (AvgIpc) is 2.59. The first kappa shape index (κ1) is 17.5. The van der Waals surface area contributed by atoms with Crippen molar-refractivity contribution in [2.45, 2.75) is 13.3 Å². The summed E-state index contributed by atoms with van der Waals surface area (Å²) in [6.07, 6.45) is 0.0448. The molecule has 0 fully saturated rings. The summed E-state index contributed by atoms with van der Waals surface area (Å²) in [5.41, 5.74) is 0.954. The molecule has 25 heavy (non-hydrogen) atoms. The maximum atomic E-state index is 13.4. The van der Waals surface area contributed by atoms with Crippen LogP contribution in [0.1, 0.15) is 12.5 Å². The fourth-order valence-electron chi connectivity index (χ4n) is 2.69. The summed E-state index contributed by atoms with van der Waals surface area (Å²) >= 11 is 6.18. The Morgan fingerprint density at radius 2 is 1.92 bits per heavy atom. The maximum Gasteiger partial charge on any atom is 0.231 e. The molecule has 2 aromatic carbocycles. The summed E-state index contributed by atoms with van der Waals surface area (Å²) in [5.74, 6) is -1.24. The monoisotopic (exact) mass is 367 g/mol. The average molecular weight is 368 g/mol. The van der Waals surface area contributed by atoms with Crippen molar-refractivity contribution in [3.63, 3.8) is 0 Å². The molecule has 1 heterocycles. The summed E-state index contributed by atoms with van der Waals surface area (Å²) in [6.45, 7) is 2.92. The number of fused-ring (bicyclic) bond motifs is 1. The SMILES string of the molecule is CCN(C(=O)Cc1cc(Cl)c2c(c1)OCCO2)c1ccc(F)c(F)c1. The smallest absolute Gasteiger partial charge is 0.231 e. The lowest BCUT2D eigenvalue weighted by Gasteiger charge is -2.23. The van der Waals surface area contributed by atoms with Crippen LogP contribution in [0.5, 0.6) is 11.5 Å². The summed E-state index contributed by atoms with van der Waals surface area (Å²) < 4.78 is 37.5. The van der Waals surface area contributed by atoms with Crippen molar-refractivity contribution in [2.75, 3.05) is 24.7 Å². The molecule has 2 aromatic rings. The van der Waals surface area contributed by atoms with Gasteiger partial charge in [0.25, 0.3) is 0 Å². The maximum absolute atomic E-state index is 13.4. The van der Waals surface area contributed by atoms with Crippen LogP contribution in [0.25, 0.3) is 0 Å². The van der Waals surface area contributed by atoms with Gasteiger partial charge < -0.3 is 14.4 Å². The third-order valence-corrected chi connectivity index (χ3v) is 4.12. The molecular weight excluding hydrogens is 352 g/mol. The van der Waals surface area contributed by atoms with E-state index in [-0.39, 0.29) is 12.3 Å². The summed E-state index contributed by atoms with van der Waals surface area (Å²) in [4.78, 5) is 14.0. The van der Waals surface area contributed by atoms with E-state index in [9.17, 15) is 13.6 Å². The molecule has 0 unspecified atom stereocenters. The van der Waals surface area contributed by atoms with Gasteiger partial charge in [0.05, 0.1) is 11.4 Å². The minimum atomic E-state index is -0.994. The second-order valence-electron chi connectivity index (χ2n) is 5.52. The molecule has 1 amide bonds. The fourth-order valence-corrected chi connectivity index (χ4v) is 2.98. The molecule has 0 N–H and O–H groups in total. The van der Waals surface area contributed by atoms with Gasteiger partial charge in [-0.2, -0.15) is 0 Å². The van der Waals surface area contributed by atoms with E-state index in [1.54, 1.807) is 19.1 Å². The molecule has 132 valence electrons. The topological polar surface area (TPSA) is 38.8 Å². The highest BCUT2D eigenvalue weighted by molar-refractivity contribution is 6.32. The van der Waals surface area contributed by atoms with Crippen LogP contribution < -0.4 is 14.4 Å². The zero-order chi connectivity index (χ0) is 18.0. The van der Waals surface area contributed by atoms with Crippen molar-refractivity contribution in [3.8, 4) is 11.5 Å². The number of carbonyl (C=O) groups excluding carboxylic acids is 1. The lowest BCUT2D eigenvalue weighted by Crippen LogP contribution is -2.32. The standard InChI is InChI=1S/C18H16ClF2NO3/c1-2-22(12-3-4-14(20)15(21)10-12)17(23)9-11-7-13(19)18-16(8-11)24-5-6-25-18/h3-4,7-8,10H,2,5-6,9H2,1H3. The van der Waals surface area contributed by atoms with Gasteiger partial charge in [0, 0.05) is 18.3 Å². The zero-order valence-corrected chi connectivity index (χ0v) is 14.3. The molecule has 0 bridgehead atoms. The van der Waals surface area contributed by atoms with Gasteiger partial charge in [-0.25, -0.2) is 8.78 Å². The van der Waals surface area contributed by atoms with Gasteiger partial charge in [-0.3, -0.25) is 4.79 Å². The number of benzene rings is 2. The second-order valence-corrected chi connectivity index (χ2v) is 5.92. The molecule has 4 nitrogen and oxygen atoms in total. The first-order chi connectivity index (χ1) is 12.0. The quantitative estimate of drug-likeness (QED) is 0.820. The molecule has 0 saturated heterocycles. The summed E-state index contributed by atoms with van der Waals surface area (Å²) in [6, 6.07) is 6.73. The van der Waals surface area contributed by atoms with Crippen molar-refractivity contribution in [1.82, 2.24) is 0 Å². The van der Waals surface area contributed by atoms with Gasteiger partial charge in [-0.05, 0) is 36.8 Å². The van der Waals surface area contributed by atoms with E-state index in [1.807, 2.05) is 0 Å². The van der Waals surface area contributed by atoms with Crippen LogP contribution in [0.15, 0.2) is 30.3 Å². The van der Waals surface area contributed by atoms with E-state index in [2.05, 4.69) is 0 Å². The highest BCUT2D eigenvalue weighted by atomic mass is 35.5. The number of nitrogens with zero attached hydrogens (tertiary/aromatic N) is 1. The molecule has 0 radical (unpaired) electrons. The molecule has 1 aliphatic rings. The van der Waals surface area contributed by atoms with Gasteiger partial charge >= 0.3 is 0 Å². The normalized spacial score (nSPS) is 12.8. The number of anilines is 1. The van der Waals surface area contributed by atoms with E-state index in [0.29, 0.717) is 47.5 Å². The van der Waals surface area contributed by atoms with Crippen LogP contribution >= 0.6 is 11.6 Å². The third kappa shape index (κ3) is 3.69. The first-order valence-electron chi connectivity index (χ1n) is 7.83. The Kier molecular flexibility index (Phi) is 5.08. The molecule has 0 saturated carbocycles. The summed E-state index contributed by atoms with van der Waals surface area (Å²) in [7, 11) is 0. The number of ether oxygens (including phenoxy) is 2. The van der Waals surface area contributed by atoms with Crippen molar-refractivity contribution < 1.29 is 23.0 Å². The van der Waals surface area contributed by atoms with Crippen LogP contribution in [0.3, 0.4) is 0 Å². The van der Waals surface area contributed by atoms with Crippen LogP contribution in [-0.2, 0) is 11.2 Å². The fraction of sp³-hybridized carbons (Fsp3) is 0.278. The Labute approximate surface area is 148 Å². The van der Waals surface area contributed by atoms with E-state index < -0.39 is 11.6 Å². The largest absolute Gasteiger partial charge is 0.486 e. The van der Waals surface area contributed by atoms with Gasteiger partial charge in [0.15, 0.2) is 23.1 Å². The molecule has 1 aliphatic heterocycles. The summed E-state index contributed by atoms with van der Waals surface area (Å²) in [5, 5.41) is 0.371. The first-order valence-corrected chi connectivity index (χ1v) is 8.21. The second kappa shape index (κ2) is 7.27. The van der Waals surface area contributed by atoms with E-state index >= 15 is 0 Å². The number of rotatable bonds is 4. The molecule has 0 aliphatic carbocycles. The lowest BCUT2D eigenvalue weighted by molar-refractivity contribution is -0.117. The molecule has 0 atom stereocenters. The highest BCUT2D eigenvalue weighted by Crippen LogP contribution is 2.38. The lowest BCUT2D eigenvalue weighted by atomic mass is 10.1. The Morgan fingerprint density at radius 3 is 2.64 bits per heavy atom. The van der Waals surface area contributed by atoms with E-state index in [1.165, 1.54) is 11.0 Å². The van der Waals surface area contributed by atoms with Crippen LogP contribution in [-0.4, -0.2) is 25.7 Å². The number of hydrogen-bond acceptors (Lipinski definition) is 3. The van der Waals surface area contributed by atoms with Crippen molar-refractivity contribution in [1.29, 1.82) is 0 Å². The molecule has 3 rings (SSSR count). The predicted molar refractivity (Wildman–Crippen MR) is 90.5 cm³/mol. The van der Waals surface area contributed by atoms with Crippen molar-refractivity contribution in [2.24, 2.45) is 0 Å². The number of carbonyl (C=O) groups is 1. The van der Waals surface area contributed by atoms with Crippen molar-refractivity contribution in [3.05, 3.63) is 52.6 Å². The van der Waals surface area contributed by atoms with Crippen LogP contribution in [0.2, 0.25) is 5.02 Å². The van der Waals surface area contributed by atoms with E-state index in [0.717, 1.165) is 12.1 Å². The number of likely N-dealkylation sites (N-methyl/N-ethyl adjacent to an activating group) is 1. The van der Waals surface area contributed by atoms with Gasteiger partial charge in [-0.1, -0.05) is 11.6 Å². The number of hydrogen-bond donors (Lipinski definition) is 0. The highest BCUT2D eigenvalue weighted by Gasteiger charge is 2.20. The van der Waals surface area contributed by atoms with Crippen LogP contribution in [0, 0.1) is 11.6 Å². The molecule has 0 aromatic heterocycles. The number of halogens is 3. The van der Waals surface area contributed by atoms with E-state index in [4.69, 9.17) is 21.1 Å². The Bertz CT molecular complexity index is 813. The molecule has 0 spiro atoms. The van der Waals surface area contributed by atoms with Gasteiger partial charge in [0.2, 0.25) is 5.91 Å². The minimum absolute atomic E-state index is 0.0448. The zero-order valence-electron chi connectivity index (χ0n) is 13.5. The third-order valence-electron chi connectivity index (χ3n) is 3.84. The van der Waals surface area contributed by atoms with Gasteiger partial charge in [0.1, 0.15) is 13.2 Å². The van der Waals surface area contributed by atoms with Gasteiger partial charge in [-0.15, -0.1) is 0 Å². The Hall–Kier alpha value is -2.34. The predicted octanol–water partition coefficient (Wildman–Crippen LogP) is 3.99. The molecule has 7 heteroatoms. The molecular formula is C18H16ClF2NO3. The van der Waals surface area contributed by atoms with Crippen LogP contribution in [0.4, 0.5) is 14.5 Å². The Balaban J connectivity index is 1.82.